The largest absolute Gasteiger partial charge is 0.383 e. The van der Waals surface area contributed by atoms with Crippen molar-refractivity contribution in [3.8, 4) is 0 Å². The zero-order chi connectivity index (χ0) is 26.6. The molecule has 0 saturated carbocycles. The fourth-order valence-electron chi connectivity index (χ4n) is 5.30. The van der Waals surface area contributed by atoms with Gasteiger partial charge in [-0.25, -0.2) is 9.97 Å². The van der Waals surface area contributed by atoms with Gasteiger partial charge in [0.25, 0.3) is 0 Å². The molecule has 2 amide bonds. The van der Waals surface area contributed by atoms with Crippen molar-refractivity contribution < 1.29 is 14.3 Å². The fraction of sp³-hybridized carbons (Fsp3) is 0.500. The van der Waals surface area contributed by atoms with Crippen molar-refractivity contribution in [3.05, 3.63) is 46.6 Å². The minimum Gasteiger partial charge on any atom is -0.383 e. The van der Waals surface area contributed by atoms with Crippen molar-refractivity contribution in [1.82, 2.24) is 19.8 Å². The van der Waals surface area contributed by atoms with Gasteiger partial charge in [0.15, 0.2) is 0 Å². The Labute approximate surface area is 227 Å². The number of nitrogens with one attached hydrogen (secondary N) is 1. The molecule has 0 bridgehead atoms. The summed E-state index contributed by atoms with van der Waals surface area (Å²) in [4.78, 5) is 39.6. The van der Waals surface area contributed by atoms with Crippen LogP contribution in [-0.2, 0) is 27.2 Å². The van der Waals surface area contributed by atoms with Gasteiger partial charge in [-0.15, -0.1) is 11.3 Å². The third-order valence-corrected chi connectivity index (χ3v) is 8.60. The van der Waals surface area contributed by atoms with E-state index >= 15 is 0 Å². The van der Waals surface area contributed by atoms with E-state index in [1.807, 2.05) is 6.92 Å². The van der Waals surface area contributed by atoms with Crippen molar-refractivity contribution in [2.75, 3.05) is 50.4 Å². The molecule has 5 rings (SSSR count). The van der Waals surface area contributed by atoms with E-state index in [0.29, 0.717) is 30.4 Å². The normalized spacial score (nSPS) is 20.5. The number of fused-ring (bicyclic) bond motifs is 1. The lowest BCUT2D eigenvalue weighted by Crippen LogP contribution is -2.46. The number of rotatable bonds is 6. The minimum atomic E-state index is -0.655. The average Bonchev–Trinajstić information content (AvgIpc) is 3.35. The van der Waals surface area contributed by atoms with Crippen LogP contribution < -0.4 is 11.1 Å². The van der Waals surface area contributed by atoms with E-state index in [0.717, 1.165) is 78.5 Å². The molecule has 2 fully saturated rings. The van der Waals surface area contributed by atoms with Crippen LogP contribution in [0.25, 0.3) is 10.2 Å². The SMILES string of the molecule is CCc1cc(NC(=O)C(=O)N2C[C@@H](C)CC[C@@H]2c2ccc3sc(CCN4CCOCC4)nc3c2)cnc1N. The summed E-state index contributed by atoms with van der Waals surface area (Å²) in [5, 5.41) is 3.85. The Kier molecular flexibility index (Phi) is 8.21. The Balaban J connectivity index is 1.31. The number of hydrogen-bond acceptors (Lipinski definition) is 8. The predicted molar refractivity (Wildman–Crippen MR) is 150 cm³/mol. The molecular weight excluding hydrogens is 500 g/mol. The van der Waals surface area contributed by atoms with Crippen LogP contribution in [0, 0.1) is 5.92 Å². The number of pyridine rings is 1. The number of morpholine rings is 1. The molecule has 3 aromatic rings. The van der Waals surface area contributed by atoms with Crippen LogP contribution in [0.2, 0.25) is 0 Å². The number of amides is 2. The summed E-state index contributed by atoms with van der Waals surface area (Å²) < 4.78 is 6.59. The maximum atomic E-state index is 13.4. The van der Waals surface area contributed by atoms with Crippen LogP contribution in [0.1, 0.15) is 48.9 Å². The number of thiazole rings is 1. The molecule has 0 radical (unpaired) electrons. The van der Waals surface area contributed by atoms with Gasteiger partial charge in [0.1, 0.15) is 5.82 Å². The number of nitrogens with two attached hydrogens (primary N) is 1. The van der Waals surface area contributed by atoms with Crippen LogP contribution in [0.15, 0.2) is 30.5 Å². The van der Waals surface area contributed by atoms with Crippen molar-refractivity contribution in [2.24, 2.45) is 5.92 Å². The third kappa shape index (κ3) is 5.98. The number of carbonyl (C=O) groups is 2. The highest BCUT2D eigenvalue weighted by Gasteiger charge is 2.34. The number of aromatic nitrogens is 2. The van der Waals surface area contributed by atoms with Gasteiger partial charge in [-0.2, -0.15) is 0 Å². The summed E-state index contributed by atoms with van der Waals surface area (Å²) in [6, 6.07) is 7.90. The maximum Gasteiger partial charge on any atom is 0.313 e. The Morgan fingerprint density at radius 1 is 1.21 bits per heavy atom. The minimum absolute atomic E-state index is 0.164. The highest BCUT2D eigenvalue weighted by molar-refractivity contribution is 7.18. The third-order valence-electron chi connectivity index (χ3n) is 7.50. The van der Waals surface area contributed by atoms with E-state index in [4.69, 9.17) is 15.5 Å². The van der Waals surface area contributed by atoms with E-state index < -0.39 is 11.8 Å². The molecule has 1 aromatic carbocycles. The molecule has 2 atom stereocenters. The Hall–Kier alpha value is -3.08. The number of aryl methyl sites for hydroxylation is 1. The Morgan fingerprint density at radius 3 is 2.82 bits per heavy atom. The van der Waals surface area contributed by atoms with E-state index in [-0.39, 0.29) is 6.04 Å². The molecule has 2 aliphatic heterocycles. The van der Waals surface area contributed by atoms with Gasteiger partial charge >= 0.3 is 11.8 Å². The fourth-order valence-corrected chi connectivity index (χ4v) is 6.23. The number of benzene rings is 1. The first kappa shape index (κ1) is 26.5. The van der Waals surface area contributed by atoms with Crippen LogP contribution in [0.5, 0.6) is 0 Å². The van der Waals surface area contributed by atoms with Gasteiger partial charge in [-0.1, -0.05) is 19.9 Å². The van der Waals surface area contributed by atoms with Crippen molar-refractivity contribution in [2.45, 2.75) is 45.6 Å². The molecule has 0 spiro atoms. The summed E-state index contributed by atoms with van der Waals surface area (Å²) in [6.45, 7) is 9.16. The number of nitrogen functional groups attached to an aromatic ring is 1. The molecule has 38 heavy (non-hydrogen) atoms. The average molecular weight is 537 g/mol. The van der Waals surface area contributed by atoms with Gasteiger partial charge in [0.05, 0.1) is 46.4 Å². The lowest BCUT2D eigenvalue weighted by molar-refractivity contribution is -0.146. The Bertz CT molecular complexity index is 1300. The molecule has 202 valence electrons. The van der Waals surface area contributed by atoms with Crippen LogP contribution in [0.3, 0.4) is 0 Å². The zero-order valence-electron chi connectivity index (χ0n) is 22.1. The molecule has 4 heterocycles. The number of anilines is 2. The number of ether oxygens (including phenoxy) is 1. The van der Waals surface area contributed by atoms with Gasteiger partial charge < -0.3 is 20.7 Å². The van der Waals surface area contributed by atoms with Gasteiger partial charge in [0.2, 0.25) is 0 Å². The standard InChI is InChI=1S/C28H36N6O3S/c1-3-19-14-21(16-30-26(19)29)31-27(35)28(36)34-17-18(2)4-6-23(34)20-5-7-24-22(15-20)32-25(38-24)8-9-33-10-12-37-13-11-33/h5,7,14-16,18,23H,3-4,6,8-13,17H2,1-2H3,(H2,29,30)(H,31,35)/t18-,23+/m0/s1. The number of carbonyl (C=O) groups excluding carboxylic acids is 2. The monoisotopic (exact) mass is 536 g/mol. The predicted octanol–water partition coefficient (Wildman–Crippen LogP) is 3.65. The number of nitrogens with zero attached hydrogens (tertiary/aromatic N) is 4. The molecule has 3 N–H and O–H groups in total. The van der Waals surface area contributed by atoms with Gasteiger partial charge in [0, 0.05) is 32.6 Å². The number of hydrogen-bond donors (Lipinski definition) is 2. The second kappa shape index (κ2) is 11.8. The van der Waals surface area contributed by atoms with Gasteiger partial charge in [-0.05, 0) is 54.5 Å². The summed E-state index contributed by atoms with van der Waals surface area (Å²) >= 11 is 1.73. The van der Waals surface area contributed by atoms with Gasteiger partial charge in [-0.3, -0.25) is 14.5 Å². The molecule has 0 aliphatic carbocycles. The smallest absolute Gasteiger partial charge is 0.313 e. The lowest BCUT2D eigenvalue weighted by atomic mass is 9.89. The molecule has 2 aromatic heterocycles. The summed E-state index contributed by atoms with van der Waals surface area (Å²) in [7, 11) is 0. The number of likely N-dealkylation sites (tertiary alicyclic amines) is 1. The van der Waals surface area contributed by atoms with Crippen molar-refractivity contribution in [3.63, 3.8) is 0 Å². The van der Waals surface area contributed by atoms with E-state index in [1.165, 1.54) is 6.20 Å². The first-order chi connectivity index (χ1) is 18.4. The maximum absolute atomic E-state index is 13.4. The second-order valence-electron chi connectivity index (χ2n) is 10.3. The Morgan fingerprint density at radius 2 is 2.03 bits per heavy atom. The molecule has 2 aliphatic rings. The zero-order valence-corrected chi connectivity index (χ0v) is 22.9. The van der Waals surface area contributed by atoms with E-state index in [9.17, 15) is 9.59 Å². The quantitative estimate of drug-likeness (QED) is 0.462. The molecule has 10 heteroatoms. The summed E-state index contributed by atoms with van der Waals surface area (Å²) in [5.41, 5.74) is 9.18. The second-order valence-corrected chi connectivity index (χ2v) is 11.4. The van der Waals surface area contributed by atoms with Crippen molar-refractivity contribution >= 4 is 44.9 Å². The summed E-state index contributed by atoms with van der Waals surface area (Å²) in [6.07, 6.45) is 4.90. The molecule has 0 unspecified atom stereocenters. The summed E-state index contributed by atoms with van der Waals surface area (Å²) in [5.74, 6) is -0.426. The molecule has 9 nitrogen and oxygen atoms in total. The van der Waals surface area contributed by atoms with Crippen LogP contribution >= 0.6 is 11.3 Å². The molecule has 2 saturated heterocycles. The highest BCUT2D eigenvalue weighted by atomic mass is 32.1. The van der Waals surface area contributed by atoms with Crippen molar-refractivity contribution in [1.29, 1.82) is 0 Å². The number of piperidine rings is 1. The van der Waals surface area contributed by atoms with Crippen LogP contribution in [0.4, 0.5) is 11.5 Å². The topological polar surface area (TPSA) is 114 Å². The highest BCUT2D eigenvalue weighted by Crippen LogP contribution is 2.35. The molecular formula is C28H36N6O3S. The first-order valence-electron chi connectivity index (χ1n) is 13.5. The lowest BCUT2D eigenvalue weighted by Gasteiger charge is -2.38. The van der Waals surface area contributed by atoms with E-state index in [2.05, 4.69) is 40.3 Å². The first-order valence-corrected chi connectivity index (χ1v) is 14.3. The van der Waals surface area contributed by atoms with Crippen LogP contribution in [-0.4, -0.2) is 71.0 Å². The van der Waals surface area contributed by atoms with E-state index in [1.54, 1.807) is 22.3 Å².